The average Bonchev–Trinajstić information content (AvgIpc) is 3.32. The molecule has 3 aliphatic carbocycles. The number of Topliss-reactive ketones (excluding diaryl/α,β-unsaturated/α-hetero) is 1. The molecule has 2 bridgehead atoms. The van der Waals surface area contributed by atoms with Gasteiger partial charge in [0.25, 0.3) is 5.91 Å². The number of nitrogens with zero attached hydrogens (tertiary/aromatic N) is 3. The lowest BCUT2D eigenvalue weighted by molar-refractivity contribution is -0.164. The predicted octanol–water partition coefficient (Wildman–Crippen LogP) is 3.87. The lowest BCUT2D eigenvalue weighted by atomic mass is 9.38. The standard InChI is InChI=1S/C23H22ClFN4O4/c1-13-15(8-29(2)27-13)20-6-18(28-33-20)19(30)7-22-10-23(11-22,12-22)26-21(31)9-32-14-3-4-16(24)17(25)5-14/h3-6,8H,7,9-12H2,1-2H3,(H,26,31). The molecule has 0 aliphatic heterocycles. The Balaban J connectivity index is 1.11. The van der Waals surface area contributed by atoms with Crippen LogP contribution in [0.5, 0.6) is 5.75 Å². The Morgan fingerprint density at radius 2 is 2.06 bits per heavy atom. The van der Waals surface area contributed by atoms with E-state index in [0.717, 1.165) is 36.6 Å². The number of carbonyl (C=O) groups is 2. The predicted molar refractivity (Wildman–Crippen MR) is 116 cm³/mol. The zero-order chi connectivity index (χ0) is 23.4. The van der Waals surface area contributed by atoms with Gasteiger partial charge in [0.05, 0.1) is 16.3 Å². The summed E-state index contributed by atoms with van der Waals surface area (Å²) >= 11 is 5.64. The largest absolute Gasteiger partial charge is 0.484 e. The average molecular weight is 473 g/mol. The smallest absolute Gasteiger partial charge is 0.258 e. The van der Waals surface area contributed by atoms with Crippen LogP contribution in [0.4, 0.5) is 4.39 Å². The first-order chi connectivity index (χ1) is 15.7. The van der Waals surface area contributed by atoms with Crippen LogP contribution in [0.2, 0.25) is 5.02 Å². The Morgan fingerprint density at radius 1 is 1.30 bits per heavy atom. The quantitative estimate of drug-likeness (QED) is 0.500. The summed E-state index contributed by atoms with van der Waals surface area (Å²) in [7, 11) is 1.82. The van der Waals surface area contributed by atoms with Crippen LogP contribution in [0, 0.1) is 18.2 Å². The first-order valence-electron chi connectivity index (χ1n) is 10.6. The maximum Gasteiger partial charge on any atom is 0.258 e. The molecule has 3 aromatic rings. The van der Waals surface area contributed by atoms with E-state index < -0.39 is 5.82 Å². The topological polar surface area (TPSA) is 99.2 Å². The number of aromatic nitrogens is 3. The van der Waals surface area contributed by atoms with E-state index in [1.165, 1.54) is 12.1 Å². The third kappa shape index (κ3) is 4.01. The van der Waals surface area contributed by atoms with Crippen molar-refractivity contribution in [3.63, 3.8) is 0 Å². The Bertz CT molecular complexity index is 1250. The summed E-state index contributed by atoms with van der Waals surface area (Å²) in [5.41, 5.74) is 1.52. The molecular weight excluding hydrogens is 451 g/mol. The van der Waals surface area contributed by atoms with Gasteiger partial charge in [0.1, 0.15) is 17.3 Å². The molecule has 0 atom stereocenters. The normalized spacial score (nSPS) is 22.9. The molecule has 0 spiro atoms. The molecular formula is C23H22ClFN4O4. The highest BCUT2D eigenvalue weighted by Crippen LogP contribution is 2.69. The first kappa shape index (κ1) is 21.6. The molecule has 0 unspecified atom stereocenters. The van der Waals surface area contributed by atoms with Gasteiger partial charge in [0, 0.05) is 37.3 Å². The SMILES string of the molecule is Cc1nn(C)cc1-c1cc(C(=O)CC23CC(NC(=O)COc4ccc(Cl)c(F)c4)(C2)C3)no1. The molecule has 33 heavy (non-hydrogen) atoms. The van der Waals surface area contributed by atoms with Crippen LogP contribution in [-0.2, 0) is 11.8 Å². The molecule has 6 rings (SSSR count). The van der Waals surface area contributed by atoms with Crippen molar-refractivity contribution < 1.29 is 23.2 Å². The molecule has 172 valence electrons. The summed E-state index contributed by atoms with van der Waals surface area (Å²) in [5.74, 6) is -0.196. The molecule has 1 aromatic carbocycles. The van der Waals surface area contributed by atoms with Gasteiger partial charge >= 0.3 is 0 Å². The van der Waals surface area contributed by atoms with Crippen LogP contribution < -0.4 is 10.1 Å². The van der Waals surface area contributed by atoms with E-state index in [2.05, 4.69) is 15.6 Å². The van der Waals surface area contributed by atoms with E-state index in [0.29, 0.717) is 17.9 Å². The van der Waals surface area contributed by atoms with Crippen LogP contribution in [0.25, 0.3) is 11.3 Å². The highest BCUT2D eigenvalue weighted by molar-refractivity contribution is 6.30. The number of nitrogens with one attached hydrogen (secondary N) is 1. The minimum Gasteiger partial charge on any atom is -0.484 e. The molecule has 3 aliphatic rings. The van der Waals surface area contributed by atoms with Crippen LogP contribution >= 0.6 is 11.6 Å². The highest BCUT2D eigenvalue weighted by atomic mass is 35.5. The highest BCUT2D eigenvalue weighted by Gasteiger charge is 2.68. The molecule has 0 saturated heterocycles. The number of carbonyl (C=O) groups excluding carboxylic acids is 2. The van der Waals surface area contributed by atoms with Crippen molar-refractivity contribution in [3.8, 4) is 17.1 Å². The fraction of sp³-hybridized carbons (Fsp3) is 0.391. The van der Waals surface area contributed by atoms with Crippen molar-refractivity contribution in [2.75, 3.05) is 6.61 Å². The van der Waals surface area contributed by atoms with Crippen LogP contribution in [-0.4, -0.2) is 38.8 Å². The third-order valence-corrected chi connectivity index (χ3v) is 6.72. The van der Waals surface area contributed by atoms with Gasteiger partial charge in [-0.2, -0.15) is 5.10 Å². The summed E-state index contributed by atoms with van der Waals surface area (Å²) in [5, 5.41) is 11.2. The van der Waals surface area contributed by atoms with Crippen molar-refractivity contribution in [1.82, 2.24) is 20.3 Å². The van der Waals surface area contributed by atoms with Crippen LogP contribution in [0.1, 0.15) is 41.9 Å². The number of hydrogen-bond acceptors (Lipinski definition) is 6. The number of rotatable bonds is 8. The van der Waals surface area contributed by atoms with E-state index in [-0.39, 0.29) is 40.0 Å². The van der Waals surface area contributed by atoms with E-state index >= 15 is 0 Å². The molecule has 8 nitrogen and oxygen atoms in total. The summed E-state index contributed by atoms with van der Waals surface area (Å²) < 4.78 is 25.9. The molecule has 3 fully saturated rings. The lowest BCUT2D eigenvalue weighted by Crippen LogP contribution is -2.75. The van der Waals surface area contributed by atoms with Gasteiger partial charge in [-0.05, 0) is 43.7 Å². The third-order valence-electron chi connectivity index (χ3n) is 6.42. The number of halogens is 2. The monoisotopic (exact) mass is 472 g/mol. The van der Waals surface area contributed by atoms with Crippen molar-refractivity contribution in [1.29, 1.82) is 0 Å². The first-order valence-corrected chi connectivity index (χ1v) is 10.9. The second-order valence-corrected chi connectivity index (χ2v) is 9.61. The van der Waals surface area contributed by atoms with E-state index in [9.17, 15) is 14.0 Å². The summed E-state index contributed by atoms with van der Waals surface area (Å²) in [6.07, 6.45) is 4.40. The molecule has 1 amide bonds. The Labute approximate surface area is 194 Å². The van der Waals surface area contributed by atoms with Crippen molar-refractivity contribution in [3.05, 3.63) is 52.7 Å². The fourth-order valence-electron chi connectivity index (χ4n) is 5.17. The number of ether oxygens (including phenoxy) is 1. The molecule has 1 N–H and O–H groups in total. The Morgan fingerprint density at radius 3 is 2.73 bits per heavy atom. The number of benzene rings is 1. The molecule has 0 radical (unpaired) electrons. The number of ketones is 1. The van der Waals surface area contributed by atoms with Gasteiger partial charge in [-0.1, -0.05) is 16.8 Å². The zero-order valence-corrected chi connectivity index (χ0v) is 18.9. The van der Waals surface area contributed by atoms with Gasteiger partial charge in [0.15, 0.2) is 18.2 Å². The molecule has 2 heterocycles. The number of hydrogen-bond donors (Lipinski definition) is 1. The molecule has 2 aromatic heterocycles. The number of aryl methyl sites for hydroxylation is 2. The minimum absolute atomic E-state index is 0.00505. The van der Waals surface area contributed by atoms with Gasteiger partial charge < -0.3 is 14.6 Å². The number of amides is 1. The Kier molecular flexibility index (Phi) is 5.04. The minimum atomic E-state index is -0.601. The fourth-order valence-corrected chi connectivity index (χ4v) is 5.29. The van der Waals surface area contributed by atoms with Crippen molar-refractivity contribution in [2.45, 2.75) is 38.1 Å². The van der Waals surface area contributed by atoms with E-state index in [1.807, 2.05) is 20.2 Å². The van der Waals surface area contributed by atoms with Gasteiger partial charge in [-0.15, -0.1) is 0 Å². The summed E-state index contributed by atoms with van der Waals surface area (Å²) in [6, 6.07) is 5.68. The lowest BCUT2D eigenvalue weighted by Gasteiger charge is -2.70. The van der Waals surface area contributed by atoms with Crippen molar-refractivity contribution >= 4 is 23.3 Å². The maximum absolute atomic E-state index is 13.5. The summed E-state index contributed by atoms with van der Waals surface area (Å²) in [6.45, 7) is 1.65. The van der Waals surface area contributed by atoms with Gasteiger partial charge in [-0.3, -0.25) is 14.3 Å². The maximum atomic E-state index is 13.5. The van der Waals surface area contributed by atoms with E-state index in [4.69, 9.17) is 20.9 Å². The second kappa shape index (κ2) is 7.69. The Hall–Kier alpha value is -3.20. The van der Waals surface area contributed by atoms with Gasteiger partial charge in [0.2, 0.25) is 0 Å². The second-order valence-electron chi connectivity index (χ2n) is 9.20. The zero-order valence-electron chi connectivity index (χ0n) is 18.2. The van der Waals surface area contributed by atoms with Crippen LogP contribution in [0.15, 0.2) is 35.0 Å². The molecule has 3 saturated carbocycles. The summed E-state index contributed by atoms with van der Waals surface area (Å²) in [4.78, 5) is 25.0. The van der Waals surface area contributed by atoms with Crippen molar-refractivity contribution in [2.24, 2.45) is 12.5 Å². The van der Waals surface area contributed by atoms with E-state index in [1.54, 1.807) is 10.7 Å². The van der Waals surface area contributed by atoms with Gasteiger partial charge in [-0.25, -0.2) is 4.39 Å². The van der Waals surface area contributed by atoms with Crippen LogP contribution in [0.3, 0.4) is 0 Å². The molecule has 10 heteroatoms.